The van der Waals surface area contributed by atoms with Crippen molar-refractivity contribution in [2.45, 2.75) is 51.4 Å². The van der Waals surface area contributed by atoms with E-state index >= 15 is 0 Å². The third kappa shape index (κ3) is 2.24. The number of piperidine rings is 1. The van der Waals surface area contributed by atoms with Crippen LogP contribution in [0, 0.1) is 5.92 Å². The predicted molar refractivity (Wildman–Crippen MR) is 72.5 cm³/mol. The van der Waals surface area contributed by atoms with E-state index in [9.17, 15) is 13.2 Å². The van der Waals surface area contributed by atoms with E-state index in [-0.39, 0.29) is 0 Å². The van der Waals surface area contributed by atoms with Crippen LogP contribution < -0.4 is 0 Å². The highest BCUT2D eigenvalue weighted by Crippen LogP contribution is 2.47. The van der Waals surface area contributed by atoms with Gasteiger partial charge in [-0.2, -0.15) is 13.2 Å². The molecule has 0 N–H and O–H groups in total. The van der Waals surface area contributed by atoms with Crippen LogP contribution in [0.25, 0.3) is 0 Å². The second-order valence-electron chi connectivity index (χ2n) is 6.29. The fourth-order valence-corrected chi connectivity index (χ4v) is 3.86. The van der Waals surface area contributed by atoms with Crippen LogP contribution in [0.5, 0.6) is 0 Å². The lowest BCUT2D eigenvalue weighted by atomic mass is 9.89. The fraction of sp³-hybridized carbons (Fsp3) is 0.625. The Labute approximate surface area is 117 Å². The minimum Gasteiger partial charge on any atom is -0.294 e. The molecule has 0 radical (unpaired) electrons. The number of alkyl halides is 3. The van der Waals surface area contributed by atoms with Gasteiger partial charge in [0.2, 0.25) is 0 Å². The highest BCUT2D eigenvalue weighted by Gasteiger charge is 2.41. The zero-order valence-electron chi connectivity index (χ0n) is 11.9. The quantitative estimate of drug-likeness (QED) is 0.737. The lowest BCUT2D eigenvalue weighted by molar-refractivity contribution is -0.137. The first-order chi connectivity index (χ1) is 9.38. The molecule has 1 heterocycles. The summed E-state index contributed by atoms with van der Waals surface area (Å²) >= 11 is 0. The van der Waals surface area contributed by atoms with Crippen molar-refractivity contribution in [1.82, 2.24) is 4.90 Å². The topological polar surface area (TPSA) is 3.24 Å². The molecule has 1 nitrogen and oxygen atoms in total. The minimum atomic E-state index is -4.24. The van der Waals surface area contributed by atoms with Crippen LogP contribution in [-0.2, 0) is 12.6 Å². The Morgan fingerprint density at radius 2 is 2.00 bits per heavy atom. The number of rotatable bonds is 1. The molecular formula is C16H20F3N. The maximum absolute atomic E-state index is 12.8. The maximum Gasteiger partial charge on any atom is 0.416 e. The van der Waals surface area contributed by atoms with Crippen molar-refractivity contribution >= 4 is 0 Å². The van der Waals surface area contributed by atoms with Crippen molar-refractivity contribution in [2.75, 3.05) is 6.54 Å². The highest BCUT2D eigenvalue weighted by molar-refractivity contribution is 5.40. The molecular weight excluding hydrogens is 263 g/mol. The van der Waals surface area contributed by atoms with Gasteiger partial charge in [0.1, 0.15) is 0 Å². The molecule has 4 heteroatoms. The molecule has 110 valence electrons. The summed E-state index contributed by atoms with van der Waals surface area (Å²) in [5.41, 5.74) is 1.52. The van der Waals surface area contributed by atoms with Gasteiger partial charge in [0.05, 0.1) is 5.56 Å². The van der Waals surface area contributed by atoms with Crippen LogP contribution in [0.4, 0.5) is 13.2 Å². The molecule has 2 aliphatic rings. The van der Waals surface area contributed by atoms with Crippen LogP contribution in [-0.4, -0.2) is 17.5 Å². The van der Waals surface area contributed by atoms with Gasteiger partial charge in [-0.3, -0.25) is 4.90 Å². The second-order valence-corrected chi connectivity index (χ2v) is 6.29. The first-order valence-electron chi connectivity index (χ1n) is 7.33. The maximum atomic E-state index is 12.8. The lowest BCUT2D eigenvalue weighted by Crippen LogP contribution is -2.41. The van der Waals surface area contributed by atoms with E-state index in [1.54, 1.807) is 6.07 Å². The van der Waals surface area contributed by atoms with Crippen LogP contribution in [0.15, 0.2) is 18.2 Å². The summed E-state index contributed by atoms with van der Waals surface area (Å²) in [6.07, 6.45) is -1.16. The molecule has 2 atom stereocenters. The molecule has 0 spiro atoms. The van der Waals surface area contributed by atoms with Gasteiger partial charge in [-0.15, -0.1) is 0 Å². The van der Waals surface area contributed by atoms with E-state index < -0.39 is 11.7 Å². The van der Waals surface area contributed by atoms with Crippen molar-refractivity contribution in [3.63, 3.8) is 0 Å². The van der Waals surface area contributed by atoms with Crippen LogP contribution in [0.1, 0.15) is 49.4 Å². The molecule has 2 unspecified atom stereocenters. The predicted octanol–water partition coefficient (Wildman–Crippen LogP) is 4.42. The molecule has 1 saturated heterocycles. The van der Waals surface area contributed by atoms with Crippen LogP contribution in [0.3, 0.4) is 0 Å². The smallest absolute Gasteiger partial charge is 0.294 e. The summed E-state index contributed by atoms with van der Waals surface area (Å²) in [6, 6.07) is 5.08. The number of hydrogen-bond donors (Lipinski definition) is 0. The van der Waals surface area contributed by atoms with Crippen molar-refractivity contribution in [2.24, 2.45) is 5.92 Å². The Kier molecular flexibility index (Phi) is 3.32. The summed E-state index contributed by atoms with van der Waals surface area (Å²) in [4.78, 5) is 2.45. The SMILES string of the molecule is CC(C)N1CCCC2Cc3cc(C(F)(F)F)ccc3C21. The molecule has 0 amide bonds. The molecule has 1 aliphatic heterocycles. The third-order valence-electron chi connectivity index (χ3n) is 4.73. The normalized spacial score (nSPS) is 26.7. The zero-order valence-corrected chi connectivity index (χ0v) is 11.9. The molecule has 0 bridgehead atoms. The van der Waals surface area contributed by atoms with Gasteiger partial charge < -0.3 is 0 Å². The highest BCUT2D eigenvalue weighted by atomic mass is 19.4. The standard InChI is InChI=1S/C16H20F3N/c1-10(2)20-7-3-4-11-8-12-9-13(16(17,18)19)5-6-14(12)15(11)20/h5-6,9-11,15H,3-4,7-8H2,1-2H3. The van der Waals surface area contributed by atoms with Crippen LogP contribution in [0.2, 0.25) is 0 Å². The fourth-order valence-electron chi connectivity index (χ4n) is 3.86. The van der Waals surface area contributed by atoms with Gasteiger partial charge in [0, 0.05) is 12.1 Å². The first kappa shape index (κ1) is 13.9. The zero-order chi connectivity index (χ0) is 14.5. The average Bonchev–Trinajstić information content (AvgIpc) is 2.74. The van der Waals surface area contributed by atoms with E-state index in [1.165, 1.54) is 12.1 Å². The van der Waals surface area contributed by atoms with Gasteiger partial charge in [-0.05, 0) is 68.8 Å². The van der Waals surface area contributed by atoms with Gasteiger partial charge in [0.15, 0.2) is 0 Å². The van der Waals surface area contributed by atoms with E-state index in [1.807, 2.05) is 0 Å². The molecule has 3 rings (SSSR count). The van der Waals surface area contributed by atoms with Gasteiger partial charge in [-0.1, -0.05) is 6.07 Å². The summed E-state index contributed by atoms with van der Waals surface area (Å²) in [5, 5.41) is 0. The monoisotopic (exact) mass is 283 g/mol. The Hall–Kier alpha value is -1.03. The molecule has 20 heavy (non-hydrogen) atoms. The molecule has 1 aliphatic carbocycles. The van der Waals surface area contributed by atoms with Crippen molar-refractivity contribution in [3.05, 3.63) is 34.9 Å². The Morgan fingerprint density at radius 1 is 1.25 bits per heavy atom. The Morgan fingerprint density at radius 3 is 2.65 bits per heavy atom. The van der Waals surface area contributed by atoms with Crippen molar-refractivity contribution < 1.29 is 13.2 Å². The van der Waals surface area contributed by atoms with E-state index in [4.69, 9.17) is 0 Å². The van der Waals surface area contributed by atoms with Crippen LogP contribution >= 0.6 is 0 Å². The number of benzene rings is 1. The lowest BCUT2D eigenvalue weighted by Gasteiger charge is -2.41. The number of hydrogen-bond acceptors (Lipinski definition) is 1. The van der Waals surface area contributed by atoms with E-state index in [2.05, 4.69) is 18.7 Å². The summed E-state index contributed by atoms with van der Waals surface area (Å²) in [5.74, 6) is 0.490. The molecule has 0 saturated carbocycles. The van der Waals surface area contributed by atoms with Gasteiger partial charge >= 0.3 is 6.18 Å². The largest absolute Gasteiger partial charge is 0.416 e. The van der Waals surface area contributed by atoms with Crippen molar-refractivity contribution in [1.29, 1.82) is 0 Å². The van der Waals surface area contributed by atoms with Gasteiger partial charge in [-0.25, -0.2) is 0 Å². The van der Waals surface area contributed by atoms with Gasteiger partial charge in [0.25, 0.3) is 0 Å². The summed E-state index contributed by atoms with van der Waals surface area (Å²) < 4.78 is 38.5. The first-order valence-corrected chi connectivity index (χ1v) is 7.33. The van der Waals surface area contributed by atoms with E-state index in [0.717, 1.165) is 36.9 Å². The average molecular weight is 283 g/mol. The number of nitrogens with zero attached hydrogens (tertiary/aromatic N) is 1. The second kappa shape index (κ2) is 4.76. The molecule has 0 aromatic heterocycles. The number of halogens is 3. The molecule has 1 aromatic rings. The third-order valence-corrected chi connectivity index (χ3v) is 4.73. The molecule has 1 aromatic carbocycles. The number of likely N-dealkylation sites (tertiary alicyclic amines) is 1. The Balaban J connectivity index is 1.98. The summed E-state index contributed by atoms with van der Waals surface area (Å²) in [7, 11) is 0. The molecule has 1 fully saturated rings. The summed E-state index contributed by atoms with van der Waals surface area (Å²) in [6.45, 7) is 5.40. The number of fused-ring (bicyclic) bond motifs is 3. The Bertz CT molecular complexity index is 507. The van der Waals surface area contributed by atoms with E-state index in [0.29, 0.717) is 18.0 Å². The van der Waals surface area contributed by atoms with Crippen molar-refractivity contribution in [3.8, 4) is 0 Å². The minimum absolute atomic E-state index is 0.320.